The van der Waals surface area contributed by atoms with Gasteiger partial charge >= 0.3 is 5.69 Å². The summed E-state index contributed by atoms with van der Waals surface area (Å²) < 4.78 is 11.3. The average Bonchev–Trinajstić information content (AvgIpc) is 3.23. The van der Waals surface area contributed by atoms with Crippen LogP contribution >= 0.6 is 11.6 Å². The van der Waals surface area contributed by atoms with Gasteiger partial charge in [0.25, 0.3) is 5.56 Å². The Hall–Kier alpha value is -4.03. The van der Waals surface area contributed by atoms with Crippen LogP contribution in [0.5, 0.6) is 5.75 Å². The van der Waals surface area contributed by atoms with Crippen LogP contribution in [0.2, 0.25) is 5.02 Å². The molecule has 0 amide bonds. The summed E-state index contributed by atoms with van der Waals surface area (Å²) in [4.78, 5) is 26.8. The van der Waals surface area contributed by atoms with Crippen molar-refractivity contribution in [3.05, 3.63) is 115 Å². The number of fused-ring (bicyclic) bond motifs is 5. The van der Waals surface area contributed by atoms with Crippen LogP contribution in [0, 0.1) is 13.8 Å². The number of aromatic nitrogens is 3. The molecule has 7 heteroatoms. The Morgan fingerprint density at radius 3 is 2.14 bits per heavy atom. The van der Waals surface area contributed by atoms with Gasteiger partial charge in [-0.25, -0.2) is 4.79 Å². The van der Waals surface area contributed by atoms with Gasteiger partial charge in [-0.1, -0.05) is 71.3 Å². The fourth-order valence-corrected chi connectivity index (χ4v) is 5.25. The number of hydrogen-bond donors (Lipinski definition) is 0. The molecule has 3 aromatic carbocycles. The van der Waals surface area contributed by atoms with Crippen LogP contribution in [0.3, 0.4) is 0 Å². The third-order valence-corrected chi connectivity index (χ3v) is 7.20. The Bertz CT molecular complexity index is 1790. The summed E-state index contributed by atoms with van der Waals surface area (Å²) in [5.74, 6) is 0.646. The quantitative estimate of drug-likeness (QED) is 0.326. The van der Waals surface area contributed by atoms with Crippen LogP contribution in [0.1, 0.15) is 28.5 Å². The second-order valence-corrected chi connectivity index (χ2v) is 9.82. The van der Waals surface area contributed by atoms with E-state index >= 15 is 0 Å². The molecule has 0 aliphatic carbocycles. The standard InChI is InChI=1S/C29H24ClN3O3/c1-16-5-9-18(10-6-16)24-23-25(31(3)29(35)32(4)28(23)34)26-27(19-11-7-17(2)8-12-19)36-22-14-13-20(30)15-21(22)33(24)26/h5-15,27H,1-4H3. The number of benzene rings is 3. The molecule has 3 heterocycles. The Morgan fingerprint density at radius 2 is 1.47 bits per heavy atom. The number of aryl methyl sites for hydroxylation is 3. The minimum absolute atomic E-state index is 0.350. The van der Waals surface area contributed by atoms with Crippen LogP contribution in [-0.4, -0.2) is 13.7 Å². The summed E-state index contributed by atoms with van der Waals surface area (Å²) in [6.45, 7) is 4.05. The monoisotopic (exact) mass is 497 g/mol. The molecule has 0 saturated heterocycles. The van der Waals surface area contributed by atoms with Gasteiger partial charge in [-0.2, -0.15) is 0 Å². The lowest BCUT2D eigenvalue weighted by molar-refractivity contribution is 0.229. The smallest absolute Gasteiger partial charge is 0.331 e. The van der Waals surface area contributed by atoms with Gasteiger partial charge in [0.05, 0.1) is 28.0 Å². The number of ether oxygens (including phenoxy) is 1. The SMILES string of the molecule is Cc1ccc(-c2c3c(=O)n(C)c(=O)n(C)c3c3n2-c2cc(Cl)ccc2OC3c2ccc(C)cc2)cc1. The van der Waals surface area contributed by atoms with E-state index in [9.17, 15) is 9.59 Å². The van der Waals surface area contributed by atoms with E-state index in [1.165, 1.54) is 7.05 Å². The van der Waals surface area contributed by atoms with E-state index in [1.807, 2.05) is 79.1 Å². The lowest BCUT2D eigenvalue weighted by atomic mass is 10.0. The first-order chi connectivity index (χ1) is 17.3. The topological polar surface area (TPSA) is 58.2 Å². The van der Waals surface area contributed by atoms with Gasteiger partial charge in [0.1, 0.15) is 5.75 Å². The molecule has 0 N–H and O–H groups in total. The number of nitrogens with zero attached hydrogens (tertiary/aromatic N) is 3. The summed E-state index contributed by atoms with van der Waals surface area (Å²) in [5.41, 5.74) is 5.98. The number of rotatable bonds is 2. The van der Waals surface area contributed by atoms with Crippen molar-refractivity contribution in [2.75, 3.05) is 0 Å². The van der Waals surface area contributed by atoms with Crippen LogP contribution in [0.25, 0.3) is 27.8 Å². The molecule has 36 heavy (non-hydrogen) atoms. The van der Waals surface area contributed by atoms with Gasteiger partial charge in [-0.15, -0.1) is 0 Å². The summed E-state index contributed by atoms with van der Waals surface area (Å²) in [6.07, 6.45) is -0.543. The molecule has 6 nitrogen and oxygen atoms in total. The maximum Gasteiger partial charge on any atom is 0.331 e. The summed E-state index contributed by atoms with van der Waals surface area (Å²) in [7, 11) is 3.21. The van der Waals surface area contributed by atoms with E-state index in [4.69, 9.17) is 16.3 Å². The second-order valence-electron chi connectivity index (χ2n) is 9.39. The zero-order valence-electron chi connectivity index (χ0n) is 20.4. The molecular weight excluding hydrogens is 474 g/mol. The van der Waals surface area contributed by atoms with Gasteiger partial charge in [-0.3, -0.25) is 13.9 Å². The van der Waals surface area contributed by atoms with Crippen molar-refractivity contribution in [2.24, 2.45) is 14.1 Å². The highest BCUT2D eigenvalue weighted by atomic mass is 35.5. The average molecular weight is 498 g/mol. The molecule has 0 bridgehead atoms. The Morgan fingerprint density at radius 1 is 0.833 bits per heavy atom. The van der Waals surface area contributed by atoms with Crippen LogP contribution in [0.15, 0.2) is 76.3 Å². The molecule has 0 saturated carbocycles. The van der Waals surface area contributed by atoms with Crippen molar-refractivity contribution in [1.82, 2.24) is 13.7 Å². The first-order valence-corrected chi connectivity index (χ1v) is 12.1. The van der Waals surface area contributed by atoms with Crippen molar-refractivity contribution >= 4 is 22.5 Å². The first-order valence-electron chi connectivity index (χ1n) is 11.7. The highest BCUT2D eigenvalue weighted by Crippen LogP contribution is 2.47. The number of halogens is 1. The van der Waals surface area contributed by atoms with Gasteiger partial charge < -0.3 is 9.30 Å². The summed E-state index contributed by atoms with van der Waals surface area (Å²) in [6, 6.07) is 21.6. The summed E-state index contributed by atoms with van der Waals surface area (Å²) in [5, 5.41) is 1.01. The Kier molecular flexibility index (Phi) is 4.99. The van der Waals surface area contributed by atoms with Crippen molar-refractivity contribution in [1.29, 1.82) is 0 Å². The highest BCUT2D eigenvalue weighted by Gasteiger charge is 2.36. The van der Waals surface area contributed by atoms with E-state index < -0.39 is 11.8 Å². The maximum atomic E-state index is 13.7. The van der Waals surface area contributed by atoms with Crippen molar-refractivity contribution < 1.29 is 4.74 Å². The normalized spacial score (nSPS) is 14.4. The van der Waals surface area contributed by atoms with E-state index in [1.54, 1.807) is 17.7 Å². The summed E-state index contributed by atoms with van der Waals surface area (Å²) >= 11 is 6.45. The minimum Gasteiger partial charge on any atom is -0.477 e. The molecule has 0 spiro atoms. The predicted octanol–water partition coefficient (Wildman–Crippen LogP) is 5.45. The maximum absolute atomic E-state index is 13.7. The second kappa shape index (κ2) is 8.00. The third-order valence-electron chi connectivity index (χ3n) is 6.97. The molecule has 5 aromatic rings. The fraction of sp³-hybridized carbons (Fsp3) is 0.172. The zero-order chi connectivity index (χ0) is 25.3. The highest BCUT2D eigenvalue weighted by molar-refractivity contribution is 6.30. The molecule has 1 atom stereocenters. The van der Waals surface area contributed by atoms with E-state index in [-0.39, 0.29) is 5.56 Å². The molecule has 6 rings (SSSR count). The van der Waals surface area contributed by atoms with E-state index in [0.717, 1.165) is 38.2 Å². The lowest BCUT2D eigenvalue weighted by Gasteiger charge is -2.30. The molecule has 1 unspecified atom stereocenters. The van der Waals surface area contributed by atoms with Crippen molar-refractivity contribution in [2.45, 2.75) is 20.0 Å². The van der Waals surface area contributed by atoms with Gasteiger partial charge in [0.2, 0.25) is 0 Å². The van der Waals surface area contributed by atoms with E-state index in [2.05, 4.69) is 0 Å². The molecule has 1 aliphatic rings. The zero-order valence-corrected chi connectivity index (χ0v) is 21.1. The van der Waals surface area contributed by atoms with E-state index in [0.29, 0.717) is 27.4 Å². The molecule has 180 valence electrons. The molecule has 2 aromatic heterocycles. The van der Waals surface area contributed by atoms with Gasteiger partial charge in [-0.05, 0) is 43.2 Å². The first kappa shape index (κ1) is 22.4. The van der Waals surface area contributed by atoms with Crippen LogP contribution in [-0.2, 0) is 14.1 Å². The fourth-order valence-electron chi connectivity index (χ4n) is 5.09. The molecule has 0 fully saturated rings. The lowest BCUT2D eigenvalue weighted by Crippen LogP contribution is -2.37. The molecule has 0 radical (unpaired) electrons. The third kappa shape index (κ3) is 3.18. The van der Waals surface area contributed by atoms with Gasteiger partial charge in [0.15, 0.2) is 6.10 Å². The molecular formula is C29H24ClN3O3. The van der Waals surface area contributed by atoms with Crippen molar-refractivity contribution in [3.63, 3.8) is 0 Å². The predicted molar refractivity (Wildman–Crippen MR) is 143 cm³/mol. The molecule has 1 aliphatic heterocycles. The Labute approximate surface area is 212 Å². The minimum atomic E-state index is -0.543. The van der Waals surface area contributed by atoms with Crippen LogP contribution in [0.4, 0.5) is 0 Å². The Balaban J connectivity index is 1.86. The largest absolute Gasteiger partial charge is 0.477 e. The van der Waals surface area contributed by atoms with Crippen molar-refractivity contribution in [3.8, 4) is 22.7 Å². The number of hydrogen-bond acceptors (Lipinski definition) is 3. The van der Waals surface area contributed by atoms with Gasteiger partial charge in [0, 0.05) is 19.1 Å². The van der Waals surface area contributed by atoms with Crippen LogP contribution < -0.4 is 16.0 Å².